The van der Waals surface area contributed by atoms with Gasteiger partial charge in [-0.15, -0.1) is 5.06 Å². The van der Waals surface area contributed by atoms with Gasteiger partial charge in [-0.2, -0.15) is 0 Å². The van der Waals surface area contributed by atoms with Gasteiger partial charge in [-0.3, -0.25) is 0 Å². The number of benzene rings is 2. The van der Waals surface area contributed by atoms with E-state index in [1.165, 1.54) is 0 Å². The highest BCUT2D eigenvalue weighted by molar-refractivity contribution is 5.89. The van der Waals surface area contributed by atoms with Gasteiger partial charge >= 0.3 is 5.97 Å². The van der Waals surface area contributed by atoms with E-state index in [9.17, 15) is 4.79 Å². The molecule has 1 aliphatic rings. The van der Waals surface area contributed by atoms with Crippen molar-refractivity contribution < 1.29 is 19.1 Å². The molecule has 2 aromatic carbocycles. The fraction of sp³-hybridized carbons (Fsp3) is 0.409. The van der Waals surface area contributed by atoms with Gasteiger partial charge in [0.2, 0.25) is 0 Å². The van der Waals surface area contributed by atoms with Crippen LogP contribution >= 0.6 is 0 Å². The van der Waals surface area contributed by atoms with E-state index in [1.54, 1.807) is 24.3 Å². The highest BCUT2D eigenvalue weighted by atomic mass is 16.7. The molecule has 3 rings (SSSR count). The second-order valence-corrected chi connectivity index (χ2v) is 6.94. The first kappa shape index (κ1) is 20.3. The van der Waals surface area contributed by atoms with E-state index in [-0.39, 0.29) is 24.2 Å². The van der Waals surface area contributed by atoms with Gasteiger partial charge in [0.15, 0.2) is 0 Å². The first-order chi connectivity index (χ1) is 13.6. The van der Waals surface area contributed by atoms with Crippen molar-refractivity contribution in [1.82, 2.24) is 10.4 Å². The molecular weight excluding hydrogens is 356 g/mol. The van der Waals surface area contributed by atoms with Crippen LogP contribution in [0.4, 0.5) is 0 Å². The molecule has 6 nitrogen and oxygen atoms in total. The predicted molar refractivity (Wildman–Crippen MR) is 107 cm³/mol. The van der Waals surface area contributed by atoms with Crippen molar-refractivity contribution in [3.05, 3.63) is 65.7 Å². The Bertz CT molecular complexity index is 768. The molecule has 6 heteroatoms. The quantitative estimate of drug-likeness (QED) is 0.791. The number of carbonyl (C=O) groups is 1. The standard InChI is InChI=1S/C22H28N2O4/c1-16(19-10-7-11-20(14-19)26-3)23-15-21-17(2)27-13-12-24(21)28-22(25)18-8-5-4-6-9-18/h4-11,14,16-17,21,23H,12-13,15H2,1-3H3/t16-,17?,21?/m1/s1. The average Bonchev–Trinajstić information content (AvgIpc) is 2.73. The zero-order valence-corrected chi connectivity index (χ0v) is 16.6. The summed E-state index contributed by atoms with van der Waals surface area (Å²) >= 11 is 0. The van der Waals surface area contributed by atoms with Crippen LogP contribution in [0.15, 0.2) is 54.6 Å². The minimum absolute atomic E-state index is 0.0534. The molecule has 0 bridgehead atoms. The zero-order chi connectivity index (χ0) is 19.9. The summed E-state index contributed by atoms with van der Waals surface area (Å²) in [5.74, 6) is 0.486. The van der Waals surface area contributed by atoms with Gasteiger partial charge in [-0.05, 0) is 43.7 Å². The second-order valence-electron chi connectivity index (χ2n) is 6.94. The fourth-order valence-electron chi connectivity index (χ4n) is 3.28. The average molecular weight is 384 g/mol. The lowest BCUT2D eigenvalue weighted by molar-refractivity contribution is -0.204. The maximum Gasteiger partial charge on any atom is 0.357 e. The monoisotopic (exact) mass is 384 g/mol. The summed E-state index contributed by atoms with van der Waals surface area (Å²) in [4.78, 5) is 18.1. The number of hydroxylamine groups is 2. The topological polar surface area (TPSA) is 60.0 Å². The molecule has 1 saturated heterocycles. The van der Waals surface area contributed by atoms with Crippen molar-refractivity contribution >= 4 is 5.97 Å². The molecule has 28 heavy (non-hydrogen) atoms. The molecule has 1 fully saturated rings. The Hall–Kier alpha value is -2.41. The lowest BCUT2D eigenvalue weighted by atomic mass is 10.1. The van der Waals surface area contributed by atoms with E-state index < -0.39 is 0 Å². The second kappa shape index (κ2) is 9.68. The van der Waals surface area contributed by atoms with Crippen LogP contribution in [0.5, 0.6) is 5.75 Å². The minimum atomic E-state index is -0.347. The number of ether oxygens (including phenoxy) is 2. The summed E-state index contributed by atoms with van der Waals surface area (Å²) in [5, 5.41) is 5.27. The Morgan fingerprint density at radius 1 is 1.25 bits per heavy atom. The largest absolute Gasteiger partial charge is 0.497 e. The minimum Gasteiger partial charge on any atom is -0.497 e. The highest BCUT2D eigenvalue weighted by Gasteiger charge is 2.32. The summed E-state index contributed by atoms with van der Waals surface area (Å²) in [5.41, 5.74) is 1.68. The number of nitrogens with zero attached hydrogens (tertiary/aromatic N) is 1. The number of nitrogens with one attached hydrogen (secondary N) is 1. The van der Waals surface area contributed by atoms with Gasteiger partial charge < -0.3 is 19.6 Å². The van der Waals surface area contributed by atoms with E-state index >= 15 is 0 Å². The maximum absolute atomic E-state index is 12.5. The van der Waals surface area contributed by atoms with Gasteiger partial charge in [-0.25, -0.2) is 4.79 Å². The molecule has 150 valence electrons. The molecule has 0 saturated carbocycles. The van der Waals surface area contributed by atoms with Crippen LogP contribution < -0.4 is 10.1 Å². The third-order valence-corrected chi connectivity index (χ3v) is 5.04. The van der Waals surface area contributed by atoms with E-state index in [0.29, 0.717) is 25.3 Å². The van der Waals surface area contributed by atoms with Crippen LogP contribution in [0.2, 0.25) is 0 Å². The Labute approximate surface area is 166 Å². The van der Waals surface area contributed by atoms with E-state index in [2.05, 4.69) is 18.3 Å². The zero-order valence-electron chi connectivity index (χ0n) is 16.6. The normalized spacial score (nSPS) is 21.1. The molecule has 2 unspecified atom stereocenters. The molecule has 0 aromatic heterocycles. The first-order valence-corrected chi connectivity index (χ1v) is 9.61. The van der Waals surface area contributed by atoms with Gasteiger partial charge in [0.05, 0.1) is 38.0 Å². The Balaban J connectivity index is 1.63. The van der Waals surface area contributed by atoms with E-state index in [4.69, 9.17) is 14.3 Å². The Morgan fingerprint density at radius 2 is 2.04 bits per heavy atom. The van der Waals surface area contributed by atoms with E-state index in [0.717, 1.165) is 11.3 Å². The number of morpholine rings is 1. The number of rotatable bonds is 7. The summed E-state index contributed by atoms with van der Waals surface area (Å²) < 4.78 is 11.1. The van der Waals surface area contributed by atoms with Crippen molar-refractivity contribution in [1.29, 1.82) is 0 Å². The Kier molecular flexibility index (Phi) is 7.03. The third kappa shape index (κ3) is 5.10. The maximum atomic E-state index is 12.5. The van der Waals surface area contributed by atoms with Gasteiger partial charge in [0.1, 0.15) is 5.75 Å². The van der Waals surface area contributed by atoms with Crippen LogP contribution in [0.3, 0.4) is 0 Å². The summed E-state index contributed by atoms with van der Waals surface area (Å²) in [6.07, 6.45) is -0.0534. The molecular formula is C22H28N2O4. The smallest absolute Gasteiger partial charge is 0.357 e. The fourth-order valence-corrected chi connectivity index (χ4v) is 3.28. The molecule has 0 spiro atoms. The lowest BCUT2D eigenvalue weighted by Crippen LogP contribution is -2.55. The van der Waals surface area contributed by atoms with Gasteiger partial charge in [0.25, 0.3) is 0 Å². The lowest BCUT2D eigenvalue weighted by Gasteiger charge is -2.38. The first-order valence-electron chi connectivity index (χ1n) is 9.61. The number of methoxy groups -OCH3 is 1. The van der Waals surface area contributed by atoms with Gasteiger partial charge in [-0.1, -0.05) is 30.3 Å². The third-order valence-electron chi connectivity index (χ3n) is 5.04. The number of hydrogen-bond acceptors (Lipinski definition) is 6. The molecule has 1 aliphatic heterocycles. The number of carbonyl (C=O) groups excluding carboxylic acids is 1. The molecule has 1 heterocycles. The van der Waals surface area contributed by atoms with Crippen LogP contribution in [-0.4, -0.2) is 50.0 Å². The van der Waals surface area contributed by atoms with Crippen LogP contribution in [0.1, 0.15) is 35.8 Å². The molecule has 2 aromatic rings. The van der Waals surface area contributed by atoms with Crippen molar-refractivity contribution in [2.45, 2.75) is 32.0 Å². The summed E-state index contributed by atoms with van der Waals surface area (Å²) in [6, 6.07) is 17.1. The van der Waals surface area contributed by atoms with Crippen molar-refractivity contribution in [2.75, 3.05) is 26.8 Å². The SMILES string of the molecule is COc1cccc([C@@H](C)NCC2C(C)OCCN2OC(=O)c2ccccc2)c1. The molecule has 0 radical (unpaired) electrons. The predicted octanol–water partition coefficient (Wildman–Crippen LogP) is 3.21. The molecule has 0 amide bonds. The van der Waals surface area contributed by atoms with Gasteiger partial charge in [0, 0.05) is 12.6 Å². The Morgan fingerprint density at radius 3 is 2.79 bits per heavy atom. The van der Waals surface area contributed by atoms with Crippen LogP contribution in [-0.2, 0) is 9.57 Å². The molecule has 1 N–H and O–H groups in total. The highest BCUT2D eigenvalue weighted by Crippen LogP contribution is 2.20. The van der Waals surface area contributed by atoms with Crippen molar-refractivity contribution in [3.63, 3.8) is 0 Å². The number of hydrogen-bond donors (Lipinski definition) is 1. The molecule has 0 aliphatic carbocycles. The summed E-state index contributed by atoms with van der Waals surface area (Å²) in [6.45, 7) is 5.81. The summed E-state index contributed by atoms with van der Waals surface area (Å²) in [7, 11) is 1.66. The van der Waals surface area contributed by atoms with E-state index in [1.807, 2.05) is 43.3 Å². The molecule has 3 atom stereocenters. The van der Waals surface area contributed by atoms with Crippen LogP contribution in [0.25, 0.3) is 0 Å². The van der Waals surface area contributed by atoms with Crippen LogP contribution in [0, 0.1) is 0 Å². The van der Waals surface area contributed by atoms with Crippen molar-refractivity contribution in [3.8, 4) is 5.75 Å². The van der Waals surface area contributed by atoms with Crippen molar-refractivity contribution in [2.24, 2.45) is 0 Å².